The van der Waals surface area contributed by atoms with Gasteiger partial charge in [-0.3, -0.25) is 0 Å². The standard InChI is InChI=1S/C13H17F2NO/c1-16-7-10-5-11(14)13(12(15)6-10)17-8-9-3-2-4-9/h5-6,9,16H,2-4,7-8H2,1H3. The summed E-state index contributed by atoms with van der Waals surface area (Å²) in [6, 6.07) is 2.63. The van der Waals surface area contributed by atoms with Crippen LogP contribution < -0.4 is 10.1 Å². The maximum absolute atomic E-state index is 13.6. The highest BCUT2D eigenvalue weighted by atomic mass is 19.1. The summed E-state index contributed by atoms with van der Waals surface area (Å²) in [6.07, 6.45) is 3.39. The van der Waals surface area contributed by atoms with Gasteiger partial charge >= 0.3 is 0 Å². The Morgan fingerprint density at radius 1 is 1.29 bits per heavy atom. The number of hydrogen-bond acceptors (Lipinski definition) is 2. The van der Waals surface area contributed by atoms with E-state index in [9.17, 15) is 8.78 Å². The average molecular weight is 241 g/mol. The Hall–Kier alpha value is -1.16. The van der Waals surface area contributed by atoms with Crippen molar-refractivity contribution in [3.8, 4) is 5.75 Å². The van der Waals surface area contributed by atoms with E-state index < -0.39 is 11.6 Å². The molecule has 1 aromatic rings. The number of hydrogen-bond donors (Lipinski definition) is 1. The van der Waals surface area contributed by atoms with Crippen LogP contribution in [-0.4, -0.2) is 13.7 Å². The van der Waals surface area contributed by atoms with Gasteiger partial charge in [0, 0.05) is 6.54 Å². The minimum atomic E-state index is -0.616. The van der Waals surface area contributed by atoms with Crippen molar-refractivity contribution < 1.29 is 13.5 Å². The van der Waals surface area contributed by atoms with Gasteiger partial charge in [0.25, 0.3) is 0 Å². The topological polar surface area (TPSA) is 21.3 Å². The lowest BCUT2D eigenvalue weighted by molar-refractivity contribution is 0.170. The lowest BCUT2D eigenvalue weighted by Crippen LogP contribution is -2.20. The van der Waals surface area contributed by atoms with Crippen LogP contribution in [0.4, 0.5) is 8.78 Å². The Balaban J connectivity index is 2.04. The fourth-order valence-electron chi connectivity index (χ4n) is 1.92. The number of rotatable bonds is 5. The molecule has 1 aromatic carbocycles. The molecule has 0 bridgehead atoms. The summed E-state index contributed by atoms with van der Waals surface area (Å²) in [7, 11) is 1.73. The first kappa shape index (κ1) is 12.3. The van der Waals surface area contributed by atoms with E-state index >= 15 is 0 Å². The highest BCUT2D eigenvalue weighted by Crippen LogP contribution is 2.29. The van der Waals surface area contributed by atoms with E-state index in [0.29, 0.717) is 24.6 Å². The van der Waals surface area contributed by atoms with Crippen molar-refractivity contribution in [2.24, 2.45) is 5.92 Å². The van der Waals surface area contributed by atoms with Crippen LogP contribution in [-0.2, 0) is 6.54 Å². The second-order valence-electron chi connectivity index (χ2n) is 4.53. The molecule has 0 unspecified atom stereocenters. The molecule has 0 amide bonds. The predicted octanol–water partition coefficient (Wildman–Crippen LogP) is 2.86. The Morgan fingerprint density at radius 3 is 2.41 bits per heavy atom. The van der Waals surface area contributed by atoms with E-state index in [-0.39, 0.29) is 5.75 Å². The zero-order valence-corrected chi connectivity index (χ0v) is 9.93. The number of benzene rings is 1. The number of halogens is 2. The van der Waals surface area contributed by atoms with E-state index in [1.165, 1.54) is 18.6 Å². The zero-order valence-electron chi connectivity index (χ0n) is 9.93. The Bertz CT molecular complexity index is 368. The van der Waals surface area contributed by atoms with Gasteiger partial charge in [0.2, 0.25) is 0 Å². The number of ether oxygens (including phenoxy) is 1. The molecule has 1 aliphatic rings. The van der Waals surface area contributed by atoms with Crippen molar-refractivity contribution in [3.05, 3.63) is 29.3 Å². The molecular formula is C13H17F2NO. The maximum Gasteiger partial charge on any atom is 0.190 e. The van der Waals surface area contributed by atoms with E-state index in [1.54, 1.807) is 7.05 Å². The minimum absolute atomic E-state index is 0.239. The summed E-state index contributed by atoms with van der Waals surface area (Å²) in [4.78, 5) is 0. The van der Waals surface area contributed by atoms with Crippen LogP contribution in [0.2, 0.25) is 0 Å². The van der Waals surface area contributed by atoms with Gasteiger partial charge in [0.1, 0.15) is 0 Å². The molecule has 0 aliphatic heterocycles. The fraction of sp³-hybridized carbons (Fsp3) is 0.538. The van der Waals surface area contributed by atoms with Crippen LogP contribution in [0.1, 0.15) is 24.8 Å². The molecule has 0 atom stereocenters. The van der Waals surface area contributed by atoms with E-state index in [2.05, 4.69) is 5.32 Å². The third-order valence-electron chi connectivity index (χ3n) is 3.13. The van der Waals surface area contributed by atoms with Gasteiger partial charge in [0.15, 0.2) is 17.4 Å². The van der Waals surface area contributed by atoms with Gasteiger partial charge in [-0.05, 0) is 43.5 Å². The molecule has 1 aliphatic carbocycles. The molecule has 0 spiro atoms. The SMILES string of the molecule is CNCc1cc(F)c(OCC2CCC2)c(F)c1. The first-order chi connectivity index (χ1) is 8.20. The lowest BCUT2D eigenvalue weighted by Gasteiger charge is -2.25. The van der Waals surface area contributed by atoms with E-state index in [0.717, 1.165) is 12.8 Å². The quantitative estimate of drug-likeness (QED) is 0.855. The van der Waals surface area contributed by atoms with Crippen molar-refractivity contribution in [1.82, 2.24) is 5.32 Å². The fourth-order valence-corrected chi connectivity index (χ4v) is 1.92. The monoisotopic (exact) mass is 241 g/mol. The van der Waals surface area contributed by atoms with Gasteiger partial charge in [0.05, 0.1) is 6.61 Å². The van der Waals surface area contributed by atoms with E-state index in [1.807, 2.05) is 0 Å². The van der Waals surface area contributed by atoms with Crippen LogP contribution in [0.3, 0.4) is 0 Å². The van der Waals surface area contributed by atoms with Crippen LogP contribution in [0, 0.1) is 17.6 Å². The van der Waals surface area contributed by atoms with Gasteiger partial charge in [-0.15, -0.1) is 0 Å². The van der Waals surface area contributed by atoms with Crippen molar-refractivity contribution in [1.29, 1.82) is 0 Å². The molecule has 1 saturated carbocycles. The summed E-state index contributed by atoms with van der Waals surface area (Å²) in [5, 5.41) is 2.85. The average Bonchev–Trinajstić information content (AvgIpc) is 2.20. The third kappa shape index (κ3) is 2.94. The van der Waals surface area contributed by atoms with E-state index in [4.69, 9.17) is 4.74 Å². The molecule has 0 saturated heterocycles. The lowest BCUT2D eigenvalue weighted by atomic mass is 9.86. The summed E-state index contributed by atoms with van der Waals surface area (Å²) in [6.45, 7) is 0.857. The van der Waals surface area contributed by atoms with Crippen LogP contribution >= 0.6 is 0 Å². The largest absolute Gasteiger partial charge is 0.487 e. The van der Waals surface area contributed by atoms with Crippen LogP contribution in [0.5, 0.6) is 5.75 Å². The van der Waals surface area contributed by atoms with Gasteiger partial charge in [-0.25, -0.2) is 8.78 Å². The molecule has 0 radical (unpaired) electrons. The molecule has 2 rings (SSSR count). The smallest absolute Gasteiger partial charge is 0.190 e. The van der Waals surface area contributed by atoms with Crippen LogP contribution in [0.15, 0.2) is 12.1 Å². The molecule has 1 N–H and O–H groups in total. The second-order valence-corrected chi connectivity index (χ2v) is 4.53. The summed E-state index contributed by atoms with van der Waals surface area (Å²) >= 11 is 0. The normalized spacial score (nSPS) is 15.7. The Labute approximate surface area is 100.0 Å². The third-order valence-corrected chi connectivity index (χ3v) is 3.13. The van der Waals surface area contributed by atoms with Crippen molar-refractivity contribution in [3.63, 3.8) is 0 Å². The van der Waals surface area contributed by atoms with Crippen molar-refractivity contribution >= 4 is 0 Å². The summed E-state index contributed by atoms with van der Waals surface area (Å²) in [5.41, 5.74) is 0.582. The molecule has 94 valence electrons. The highest BCUT2D eigenvalue weighted by molar-refractivity contribution is 5.31. The second kappa shape index (κ2) is 5.45. The molecular weight excluding hydrogens is 224 g/mol. The van der Waals surface area contributed by atoms with Gasteiger partial charge < -0.3 is 10.1 Å². The first-order valence-electron chi connectivity index (χ1n) is 5.96. The van der Waals surface area contributed by atoms with Gasteiger partial charge in [-0.2, -0.15) is 0 Å². The molecule has 1 fully saturated rings. The van der Waals surface area contributed by atoms with Gasteiger partial charge in [-0.1, -0.05) is 6.42 Å². The predicted molar refractivity (Wildman–Crippen MR) is 62.0 cm³/mol. The summed E-state index contributed by atoms with van der Waals surface area (Å²) in [5.74, 6) is -1.01. The van der Waals surface area contributed by atoms with Crippen molar-refractivity contribution in [2.45, 2.75) is 25.8 Å². The minimum Gasteiger partial charge on any atom is -0.487 e. The maximum atomic E-state index is 13.6. The summed E-state index contributed by atoms with van der Waals surface area (Å²) < 4.78 is 32.5. The first-order valence-corrected chi connectivity index (χ1v) is 5.96. The molecule has 17 heavy (non-hydrogen) atoms. The molecule has 2 nitrogen and oxygen atoms in total. The molecule has 4 heteroatoms. The zero-order chi connectivity index (χ0) is 12.3. The number of nitrogens with one attached hydrogen (secondary N) is 1. The van der Waals surface area contributed by atoms with Crippen LogP contribution in [0.25, 0.3) is 0 Å². The Kier molecular flexibility index (Phi) is 3.94. The van der Waals surface area contributed by atoms with Crippen molar-refractivity contribution in [2.75, 3.05) is 13.7 Å². The Morgan fingerprint density at radius 2 is 1.94 bits per heavy atom. The highest BCUT2D eigenvalue weighted by Gasteiger charge is 2.20. The molecule has 0 aromatic heterocycles. The molecule has 0 heterocycles.